The number of rotatable bonds is 6. The van der Waals surface area contributed by atoms with Gasteiger partial charge in [-0.15, -0.1) is 0 Å². The van der Waals surface area contributed by atoms with E-state index in [0.29, 0.717) is 31.8 Å². The Bertz CT molecular complexity index is 590. The maximum Gasteiger partial charge on any atom is 0.317 e. The van der Waals surface area contributed by atoms with Gasteiger partial charge in [0.15, 0.2) is 11.5 Å². The first-order chi connectivity index (χ1) is 11.5. The van der Waals surface area contributed by atoms with Gasteiger partial charge in [0.05, 0.1) is 7.11 Å². The van der Waals surface area contributed by atoms with Crippen LogP contribution in [0.4, 0.5) is 4.79 Å². The number of aliphatic carboxylic acids is 1. The zero-order chi connectivity index (χ0) is 17.5. The number of piperidine rings is 1. The number of carbonyl (C=O) groups excluding carboxylic acids is 1. The molecule has 1 aliphatic rings. The van der Waals surface area contributed by atoms with Gasteiger partial charge in [-0.3, -0.25) is 4.79 Å². The number of hydrogen-bond acceptors (Lipinski definition) is 4. The molecule has 1 aromatic carbocycles. The Morgan fingerprint density at radius 1 is 1.42 bits per heavy atom. The number of likely N-dealkylation sites (tertiary alicyclic amines) is 1. The predicted molar refractivity (Wildman–Crippen MR) is 88.3 cm³/mol. The highest BCUT2D eigenvalue weighted by atomic mass is 16.5. The van der Waals surface area contributed by atoms with Gasteiger partial charge >= 0.3 is 12.0 Å². The average molecular weight is 336 g/mol. The van der Waals surface area contributed by atoms with Crippen molar-refractivity contribution in [2.45, 2.75) is 25.7 Å². The van der Waals surface area contributed by atoms with Crippen LogP contribution in [0.25, 0.3) is 0 Å². The normalized spacial score (nSPS) is 17.4. The molecule has 7 heteroatoms. The van der Waals surface area contributed by atoms with Crippen LogP contribution < -0.4 is 10.1 Å². The van der Waals surface area contributed by atoms with E-state index in [0.717, 1.165) is 18.4 Å². The zero-order valence-corrected chi connectivity index (χ0v) is 13.8. The Morgan fingerprint density at radius 3 is 2.88 bits per heavy atom. The number of amides is 2. The number of hydrogen-bond donors (Lipinski definition) is 3. The summed E-state index contributed by atoms with van der Waals surface area (Å²) in [5.74, 6) is -0.295. The third-order valence-electron chi connectivity index (χ3n) is 4.20. The number of carboxylic acid groups (broad SMARTS) is 1. The second-order valence-corrected chi connectivity index (χ2v) is 6.04. The van der Waals surface area contributed by atoms with E-state index >= 15 is 0 Å². The monoisotopic (exact) mass is 336 g/mol. The molecule has 0 saturated carbocycles. The summed E-state index contributed by atoms with van der Waals surface area (Å²) < 4.78 is 4.99. The van der Waals surface area contributed by atoms with Gasteiger partial charge in [0.1, 0.15) is 0 Å². The third kappa shape index (κ3) is 5.04. The van der Waals surface area contributed by atoms with Gasteiger partial charge < -0.3 is 25.2 Å². The maximum atomic E-state index is 12.2. The molecule has 1 atom stereocenters. The fourth-order valence-corrected chi connectivity index (χ4v) is 2.98. The largest absolute Gasteiger partial charge is 0.504 e. The van der Waals surface area contributed by atoms with Crippen LogP contribution in [0.1, 0.15) is 24.8 Å². The molecule has 1 unspecified atom stereocenters. The van der Waals surface area contributed by atoms with E-state index in [2.05, 4.69) is 5.32 Å². The molecule has 2 amide bonds. The van der Waals surface area contributed by atoms with Gasteiger partial charge in [0, 0.05) is 26.1 Å². The lowest BCUT2D eigenvalue weighted by atomic mass is 9.95. The summed E-state index contributed by atoms with van der Waals surface area (Å²) in [6, 6.07) is 4.99. The van der Waals surface area contributed by atoms with Gasteiger partial charge in [0.25, 0.3) is 0 Å². The van der Waals surface area contributed by atoms with E-state index in [1.807, 2.05) is 6.07 Å². The van der Waals surface area contributed by atoms with Gasteiger partial charge in [-0.1, -0.05) is 6.07 Å². The molecule has 1 saturated heterocycles. The molecule has 1 aromatic rings. The minimum atomic E-state index is -0.818. The van der Waals surface area contributed by atoms with Crippen molar-refractivity contribution in [1.29, 1.82) is 0 Å². The van der Waals surface area contributed by atoms with Crippen LogP contribution in [0.5, 0.6) is 11.5 Å². The van der Waals surface area contributed by atoms with Gasteiger partial charge in [-0.25, -0.2) is 4.79 Å². The van der Waals surface area contributed by atoms with Crippen molar-refractivity contribution >= 4 is 12.0 Å². The molecule has 132 valence electrons. The maximum absolute atomic E-state index is 12.2. The third-order valence-corrected chi connectivity index (χ3v) is 4.20. The number of urea groups is 1. The van der Waals surface area contributed by atoms with Crippen molar-refractivity contribution in [3.05, 3.63) is 23.8 Å². The van der Waals surface area contributed by atoms with Crippen LogP contribution >= 0.6 is 0 Å². The molecule has 1 heterocycles. The SMILES string of the molecule is COc1ccc(CCNC(=O)N2CCCC(CC(=O)O)C2)cc1O. The predicted octanol–water partition coefficient (Wildman–Crippen LogP) is 1.84. The van der Waals surface area contributed by atoms with E-state index in [-0.39, 0.29) is 24.1 Å². The summed E-state index contributed by atoms with van der Waals surface area (Å²) in [6.07, 6.45) is 2.38. The first-order valence-corrected chi connectivity index (χ1v) is 8.10. The van der Waals surface area contributed by atoms with Crippen LogP contribution in [-0.4, -0.2) is 53.9 Å². The first-order valence-electron chi connectivity index (χ1n) is 8.10. The standard InChI is InChI=1S/C17H24N2O5/c1-24-15-5-4-12(9-14(15)20)6-7-18-17(23)19-8-2-3-13(11-19)10-16(21)22/h4-5,9,13,20H,2-3,6-8,10-11H2,1H3,(H,18,23)(H,21,22). The average Bonchev–Trinajstić information content (AvgIpc) is 2.54. The van der Waals surface area contributed by atoms with Crippen LogP contribution in [-0.2, 0) is 11.2 Å². The molecule has 7 nitrogen and oxygen atoms in total. The molecule has 0 aliphatic carbocycles. The molecule has 1 aliphatic heterocycles. The summed E-state index contributed by atoms with van der Waals surface area (Å²) >= 11 is 0. The molecule has 2 rings (SSSR count). The Labute approximate surface area is 141 Å². The number of nitrogens with one attached hydrogen (secondary N) is 1. The molecule has 0 aromatic heterocycles. The molecule has 24 heavy (non-hydrogen) atoms. The Morgan fingerprint density at radius 2 is 2.21 bits per heavy atom. The number of phenolic OH excluding ortho intramolecular Hbond substituents is 1. The summed E-state index contributed by atoms with van der Waals surface area (Å²) in [4.78, 5) is 24.7. The molecule has 3 N–H and O–H groups in total. The number of ether oxygens (including phenoxy) is 1. The topological polar surface area (TPSA) is 99.1 Å². The fraction of sp³-hybridized carbons (Fsp3) is 0.529. The van der Waals surface area contributed by atoms with Crippen molar-refractivity contribution in [3.8, 4) is 11.5 Å². The van der Waals surface area contributed by atoms with Crippen molar-refractivity contribution in [2.24, 2.45) is 5.92 Å². The highest BCUT2D eigenvalue weighted by Gasteiger charge is 2.24. The number of phenols is 1. The first kappa shape index (κ1) is 17.9. The summed E-state index contributed by atoms with van der Waals surface area (Å²) in [5.41, 5.74) is 0.899. The van der Waals surface area contributed by atoms with Crippen LogP contribution in [0.2, 0.25) is 0 Å². The number of methoxy groups -OCH3 is 1. The highest BCUT2D eigenvalue weighted by Crippen LogP contribution is 2.26. The molecular formula is C17H24N2O5. The Hall–Kier alpha value is -2.44. The molecule has 0 radical (unpaired) electrons. The lowest BCUT2D eigenvalue weighted by Gasteiger charge is -2.32. The lowest BCUT2D eigenvalue weighted by Crippen LogP contribution is -2.46. The zero-order valence-electron chi connectivity index (χ0n) is 13.8. The van der Waals surface area contributed by atoms with Crippen LogP contribution in [0, 0.1) is 5.92 Å². The molecule has 0 spiro atoms. The van der Waals surface area contributed by atoms with Crippen molar-refractivity contribution in [1.82, 2.24) is 10.2 Å². The number of carbonyl (C=O) groups is 2. The summed E-state index contributed by atoms with van der Waals surface area (Å²) in [5, 5.41) is 21.5. The molecular weight excluding hydrogens is 312 g/mol. The fourth-order valence-electron chi connectivity index (χ4n) is 2.98. The van der Waals surface area contributed by atoms with Crippen molar-refractivity contribution in [2.75, 3.05) is 26.7 Å². The highest BCUT2D eigenvalue weighted by molar-refractivity contribution is 5.74. The smallest absolute Gasteiger partial charge is 0.317 e. The van der Waals surface area contributed by atoms with Gasteiger partial charge in [0.2, 0.25) is 0 Å². The Kier molecular flexibility index (Phi) is 6.28. The van der Waals surface area contributed by atoms with E-state index in [1.165, 1.54) is 7.11 Å². The van der Waals surface area contributed by atoms with Crippen LogP contribution in [0.15, 0.2) is 18.2 Å². The van der Waals surface area contributed by atoms with Gasteiger partial charge in [-0.2, -0.15) is 0 Å². The second-order valence-electron chi connectivity index (χ2n) is 6.04. The van der Waals surface area contributed by atoms with Crippen LogP contribution in [0.3, 0.4) is 0 Å². The quantitative estimate of drug-likeness (QED) is 0.736. The van der Waals surface area contributed by atoms with Crippen molar-refractivity contribution < 1.29 is 24.5 Å². The molecule has 1 fully saturated rings. The van der Waals surface area contributed by atoms with Crippen molar-refractivity contribution in [3.63, 3.8) is 0 Å². The number of aromatic hydroxyl groups is 1. The number of nitrogens with zero attached hydrogens (tertiary/aromatic N) is 1. The van der Waals surface area contributed by atoms with E-state index in [4.69, 9.17) is 9.84 Å². The number of carboxylic acids is 1. The van der Waals surface area contributed by atoms with Gasteiger partial charge in [-0.05, 0) is 42.9 Å². The molecule has 0 bridgehead atoms. The summed E-state index contributed by atoms with van der Waals surface area (Å²) in [7, 11) is 1.49. The minimum absolute atomic E-state index is 0.0283. The lowest BCUT2D eigenvalue weighted by molar-refractivity contribution is -0.138. The summed E-state index contributed by atoms with van der Waals surface area (Å²) in [6.45, 7) is 1.59. The van der Waals surface area contributed by atoms with E-state index in [1.54, 1.807) is 17.0 Å². The number of benzene rings is 1. The van der Waals surface area contributed by atoms with E-state index < -0.39 is 5.97 Å². The minimum Gasteiger partial charge on any atom is -0.504 e. The van der Waals surface area contributed by atoms with E-state index in [9.17, 15) is 14.7 Å². The second kappa shape index (κ2) is 8.42. The Balaban J connectivity index is 1.78.